The lowest BCUT2D eigenvalue weighted by Crippen LogP contribution is -2.26. The number of hydrogen-bond acceptors (Lipinski definition) is 4. The Labute approximate surface area is 137 Å². The summed E-state index contributed by atoms with van der Waals surface area (Å²) in [6.45, 7) is 5.29. The van der Waals surface area contributed by atoms with Crippen molar-refractivity contribution in [3.63, 3.8) is 0 Å². The molecule has 5 heteroatoms. The average Bonchev–Trinajstić information content (AvgIpc) is 2.52. The molecule has 0 aliphatic rings. The van der Waals surface area contributed by atoms with Gasteiger partial charge >= 0.3 is 0 Å². The van der Waals surface area contributed by atoms with Gasteiger partial charge in [0.25, 0.3) is 0 Å². The maximum Gasteiger partial charge on any atom is 0.0729 e. The van der Waals surface area contributed by atoms with E-state index in [1.165, 1.54) is 5.56 Å². The first kappa shape index (κ1) is 16.9. The van der Waals surface area contributed by atoms with E-state index in [4.69, 9.17) is 17.3 Å². The van der Waals surface area contributed by atoms with Crippen LogP contribution in [0.15, 0.2) is 36.7 Å². The molecule has 0 aromatic carbocycles. The van der Waals surface area contributed by atoms with Gasteiger partial charge in [0.1, 0.15) is 0 Å². The van der Waals surface area contributed by atoms with Crippen LogP contribution in [-0.4, -0.2) is 28.0 Å². The number of aryl methyl sites for hydroxylation is 1. The van der Waals surface area contributed by atoms with E-state index in [0.717, 1.165) is 50.4 Å². The summed E-state index contributed by atoms with van der Waals surface area (Å²) in [4.78, 5) is 11.2. The van der Waals surface area contributed by atoms with Crippen molar-refractivity contribution in [2.75, 3.05) is 13.1 Å². The molecule has 2 N–H and O–H groups in total. The lowest BCUT2D eigenvalue weighted by atomic mass is 10.2. The molecule has 22 heavy (non-hydrogen) atoms. The Morgan fingerprint density at radius 2 is 1.73 bits per heavy atom. The van der Waals surface area contributed by atoms with Gasteiger partial charge in [-0.15, -0.1) is 0 Å². The minimum absolute atomic E-state index is 0.712. The van der Waals surface area contributed by atoms with Crippen molar-refractivity contribution in [2.45, 2.75) is 32.9 Å². The largest absolute Gasteiger partial charge is 0.330 e. The Hall–Kier alpha value is -1.49. The van der Waals surface area contributed by atoms with E-state index >= 15 is 0 Å². The quantitative estimate of drug-likeness (QED) is 0.759. The van der Waals surface area contributed by atoms with Crippen molar-refractivity contribution < 1.29 is 0 Å². The van der Waals surface area contributed by atoms with E-state index in [9.17, 15) is 0 Å². The second-order valence-electron chi connectivity index (χ2n) is 5.41. The minimum atomic E-state index is 0.712. The fraction of sp³-hybridized carbons (Fsp3) is 0.412. The van der Waals surface area contributed by atoms with Crippen LogP contribution in [0.2, 0.25) is 5.02 Å². The zero-order valence-corrected chi connectivity index (χ0v) is 13.8. The topological polar surface area (TPSA) is 55.0 Å². The molecular weight excluding hydrogens is 296 g/mol. The Bertz CT molecular complexity index is 541. The molecule has 2 rings (SSSR count). The summed E-state index contributed by atoms with van der Waals surface area (Å²) >= 11 is 6.24. The highest BCUT2D eigenvalue weighted by Crippen LogP contribution is 2.17. The van der Waals surface area contributed by atoms with Crippen LogP contribution in [0.4, 0.5) is 0 Å². The summed E-state index contributed by atoms with van der Waals surface area (Å²) in [5.74, 6) is 0. The van der Waals surface area contributed by atoms with Gasteiger partial charge in [0.15, 0.2) is 0 Å². The van der Waals surface area contributed by atoms with Gasteiger partial charge in [0, 0.05) is 25.5 Å². The van der Waals surface area contributed by atoms with Crippen LogP contribution in [0.25, 0.3) is 0 Å². The highest BCUT2D eigenvalue weighted by Gasteiger charge is 2.12. The molecule has 0 amide bonds. The van der Waals surface area contributed by atoms with Crippen LogP contribution in [0.3, 0.4) is 0 Å². The van der Waals surface area contributed by atoms with Crippen LogP contribution < -0.4 is 5.73 Å². The molecular formula is C17H23ClN4. The van der Waals surface area contributed by atoms with Crippen LogP contribution in [-0.2, 0) is 13.1 Å². The number of nitrogens with two attached hydrogens (primary N) is 1. The predicted molar refractivity (Wildman–Crippen MR) is 90.6 cm³/mol. The van der Waals surface area contributed by atoms with Crippen LogP contribution in [0, 0.1) is 6.92 Å². The lowest BCUT2D eigenvalue weighted by Gasteiger charge is -2.22. The molecule has 0 fully saturated rings. The monoisotopic (exact) mass is 318 g/mol. The summed E-state index contributed by atoms with van der Waals surface area (Å²) in [7, 11) is 0. The molecule has 0 aliphatic heterocycles. The zero-order valence-electron chi connectivity index (χ0n) is 13.0. The predicted octanol–water partition coefficient (Wildman–Crippen LogP) is 3.18. The second-order valence-corrected chi connectivity index (χ2v) is 5.81. The van der Waals surface area contributed by atoms with Crippen molar-refractivity contribution >= 4 is 11.6 Å². The van der Waals surface area contributed by atoms with Crippen LogP contribution >= 0.6 is 11.6 Å². The molecule has 2 aromatic heterocycles. The van der Waals surface area contributed by atoms with Gasteiger partial charge in [-0.05, 0) is 56.6 Å². The van der Waals surface area contributed by atoms with E-state index < -0.39 is 0 Å². The van der Waals surface area contributed by atoms with E-state index in [1.54, 1.807) is 6.20 Å². The second kappa shape index (κ2) is 8.83. The van der Waals surface area contributed by atoms with Gasteiger partial charge in [-0.25, -0.2) is 0 Å². The number of aromatic nitrogens is 2. The molecule has 0 bridgehead atoms. The first-order chi connectivity index (χ1) is 10.7. The Morgan fingerprint density at radius 1 is 1.05 bits per heavy atom. The number of pyridine rings is 2. The molecule has 0 saturated heterocycles. The van der Waals surface area contributed by atoms with E-state index in [-0.39, 0.29) is 0 Å². The third-order valence-corrected chi connectivity index (χ3v) is 3.97. The summed E-state index contributed by atoms with van der Waals surface area (Å²) in [5.41, 5.74) is 8.82. The maximum absolute atomic E-state index is 6.24. The van der Waals surface area contributed by atoms with Gasteiger partial charge in [0.05, 0.1) is 16.4 Å². The van der Waals surface area contributed by atoms with E-state index in [2.05, 4.69) is 27.9 Å². The highest BCUT2D eigenvalue weighted by molar-refractivity contribution is 6.31. The molecule has 0 unspecified atom stereocenters. The molecule has 0 spiro atoms. The van der Waals surface area contributed by atoms with Crippen LogP contribution in [0.1, 0.15) is 29.8 Å². The normalized spacial score (nSPS) is 11.1. The Morgan fingerprint density at radius 3 is 2.41 bits per heavy atom. The van der Waals surface area contributed by atoms with Gasteiger partial charge < -0.3 is 5.73 Å². The highest BCUT2D eigenvalue weighted by atomic mass is 35.5. The Kier molecular flexibility index (Phi) is 6.77. The fourth-order valence-corrected chi connectivity index (χ4v) is 2.52. The first-order valence-electron chi connectivity index (χ1n) is 7.63. The smallest absolute Gasteiger partial charge is 0.0729 e. The average molecular weight is 319 g/mol. The molecule has 0 atom stereocenters. The standard InChI is InChI=1S/C17H23ClN4/c1-14-6-4-9-20-16(14)12-22(11-3-2-8-19)13-17-15(18)7-5-10-21-17/h4-7,9-10H,2-3,8,11-13,19H2,1H3. The van der Waals surface area contributed by atoms with Crippen molar-refractivity contribution in [2.24, 2.45) is 5.73 Å². The number of hydrogen-bond donors (Lipinski definition) is 1. The zero-order chi connectivity index (χ0) is 15.8. The first-order valence-corrected chi connectivity index (χ1v) is 8.01. The maximum atomic E-state index is 6.24. The molecule has 0 radical (unpaired) electrons. The SMILES string of the molecule is Cc1cccnc1CN(CCCCN)Cc1ncccc1Cl. The minimum Gasteiger partial charge on any atom is -0.330 e. The van der Waals surface area contributed by atoms with Gasteiger partial charge in [-0.1, -0.05) is 17.7 Å². The van der Waals surface area contributed by atoms with Crippen molar-refractivity contribution in [3.05, 3.63) is 58.6 Å². The number of halogens is 1. The summed E-state index contributed by atoms with van der Waals surface area (Å²) < 4.78 is 0. The van der Waals surface area contributed by atoms with Gasteiger partial charge in [0.2, 0.25) is 0 Å². The molecule has 0 aliphatic carbocycles. The van der Waals surface area contributed by atoms with Crippen molar-refractivity contribution in [3.8, 4) is 0 Å². The van der Waals surface area contributed by atoms with E-state index in [0.29, 0.717) is 5.02 Å². The summed E-state index contributed by atoms with van der Waals surface area (Å²) in [6, 6.07) is 7.79. The number of nitrogens with zero attached hydrogens (tertiary/aromatic N) is 3. The summed E-state index contributed by atoms with van der Waals surface area (Å²) in [6.07, 6.45) is 5.71. The van der Waals surface area contributed by atoms with E-state index in [1.807, 2.05) is 24.4 Å². The van der Waals surface area contributed by atoms with Gasteiger partial charge in [-0.3, -0.25) is 14.9 Å². The molecule has 2 aromatic rings. The summed E-state index contributed by atoms with van der Waals surface area (Å²) in [5, 5.41) is 0.712. The molecule has 0 saturated carbocycles. The van der Waals surface area contributed by atoms with Gasteiger partial charge in [-0.2, -0.15) is 0 Å². The fourth-order valence-electron chi connectivity index (χ4n) is 2.34. The third-order valence-electron chi connectivity index (χ3n) is 3.63. The Balaban J connectivity index is 2.09. The number of rotatable bonds is 8. The number of unbranched alkanes of at least 4 members (excludes halogenated alkanes) is 1. The van der Waals surface area contributed by atoms with Crippen LogP contribution in [0.5, 0.6) is 0 Å². The molecule has 4 nitrogen and oxygen atoms in total. The lowest BCUT2D eigenvalue weighted by molar-refractivity contribution is 0.245. The molecule has 2 heterocycles. The molecule has 118 valence electrons. The van der Waals surface area contributed by atoms with Crippen molar-refractivity contribution in [1.82, 2.24) is 14.9 Å². The van der Waals surface area contributed by atoms with Crippen molar-refractivity contribution in [1.29, 1.82) is 0 Å². The third kappa shape index (κ3) is 5.05.